The van der Waals surface area contributed by atoms with Crippen molar-refractivity contribution in [3.05, 3.63) is 28.8 Å². The van der Waals surface area contributed by atoms with Crippen LogP contribution in [-0.4, -0.2) is 30.3 Å². The second-order valence-electron chi connectivity index (χ2n) is 5.76. The van der Waals surface area contributed by atoms with Gasteiger partial charge in [0.1, 0.15) is 4.99 Å². The number of benzene rings is 1. The van der Waals surface area contributed by atoms with Crippen LogP contribution in [0.1, 0.15) is 31.2 Å². The molecule has 114 valence electrons. The summed E-state index contributed by atoms with van der Waals surface area (Å²) in [6.07, 6.45) is 4.15. The highest BCUT2D eigenvalue weighted by atomic mass is 35.5. The average Bonchev–Trinajstić information content (AvgIpc) is 3.27. The second kappa shape index (κ2) is 5.50. The van der Waals surface area contributed by atoms with Crippen molar-refractivity contribution in [3.63, 3.8) is 0 Å². The fraction of sp³-hybridized carbons (Fsp3) is 0.500. The highest BCUT2D eigenvalue weighted by Gasteiger charge is 2.41. The molecule has 0 aliphatic heterocycles. The molecule has 0 saturated heterocycles. The third kappa shape index (κ3) is 3.23. The first kappa shape index (κ1) is 15.2. The molecule has 2 aliphatic rings. The Kier molecular flexibility index (Phi) is 3.98. The van der Waals surface area contributed by atoms with Crippen molar-refractivity contribution >= 4 is 38.8 Å². The van der Waals surface area contributed by atoms with E-state index in [2.05, 4.69) is 0 Å². The van der Waals surface area contributed by atoms with Crippen LogP contribution in [0.2, 0.25) is 5.02 Å². The lowest BCUT2D eigenvalue weighted by atomic mass is 10.2. The lowest BCUT2D eigenvalue weighted by Gasteiger charge is -2.22. The Morgan fingerprint density at radius 2 is 2.00 bits per heavy atom. The van der Waals surface area contributed by atoms with Gasteiger partial charge >= 0.3 is 0 Å². The molecule has 4 nitrogen and oxygen atoms in total. The van der Waals surface area contributed by atoms with Crippen molar-refractivity contribution in [3.8, 4) is 0 Å². The van der Waals surface area contributed by atoms with Gasteiger partial charge in [0.05, 0.1) is 9.92 Å². The molecule has 2 fully saturated rings. The van der Waals surface area contributed by atoms with Gasteiger partial charge in [0.2, 0.25) is 10.0 Å². The highest BCUT2D eigenvalue weighted by Crippen LogP contribution is 2.38. The minimum Gasteiger partial charge on any atom is -0.389 e. The predicted octanol–water partition coefficient (Wildman–Crippen LogP) is 2.54. The third-order valence-electron chi connectivity index (χ3n) is 3.90. The largest absolute Gasteiger partial charge is 0.389 e. The maximum atomic E-state index is 12.8. The number of halogens is 1. The summed E-state index contributed by atoms with van der Waals surface area (Å²) in [4.78, 5) is 0.390. The van der Waals surface area contributed by atoms with E-state index in [9.17, 15) is 8.42 Å². The van der Waals surface area contributed by atoms with Gasteiger partial charge in [-0.15, -0.1) is 0 Å². The predicted molar refractivity (Wildman–Crippen MR) is 87.0 cm³/mol. The van der Waals surface area contributed by atoms with Gasteiger partial charge in [0.15, 0.2) is 0 Å². The number of thiocarbonyl (C=S) groups is 1. The molecule has 0 unspecified atom stereocenters. The standard InChI is InChI=1S/C14H17ClN2O2S2/c15-13-7-11(5-6-12(13)14(16)20)21(18,19)17(10-3-4-10)8-9-1-2-9/h5-7,9-10H,1-4,8H2,(H2,16,20). The smallest absolute Gasteiger partial charge is 0.243 e. The maximum absolute atomic E-state index is 12.8. The van der Waals surface area contributed by atoms with Crippen molar-refractivity contribution in [2.24, 2.45) is 11.7 Å². The van der Waals surface area contributed by atoms with Crippen LogP contribution >= 0.6 is 23.8 Å². The highest BCUT2D eigenvalue weighted by molar-refractivity contribution is 7.89. The molecule has 2 saturated carbocycles. The molecule has 2 N–H and O–H groups in total. The van der Waals surface area contributed by atoms with Crippen LogP contribution < -0.4 is 5.73 Å². The van der Waals surface area contributed by atoms with Gasteiger partial charge in [-0.2, -0.15) is 4.31 Å². The van der Waals surface area contributed by atoms with E-state index in [4.69, 9.17) is 29.6 Å². The summed E-state index contributed by atoms with van der Waals surface area (Å²) in [5.74, 6) is 0.520. The first-order valence-electron chi connectivity index (χ1n) is 7.01. The quantitative estimate of drug-likeness (QED) is 0.805. The number of hydrogen-bond acceptors (Lipinski definition) is 3. The Bertz CT molecular complexity index is 682. The van der Waals surface area contributed by atoms with Crippen molar-refractivity contribution in [1.82, 2.24) is 4.31 Å². The molecule has 0 spiro atoms. The molecule has 1 aromatic rings. The third-order valence-corrected chi connectivity index (χ3v) is 6.35. The van der Waals surface area contributed by atoms with E-state index in [1.54, 1.807) is 10.4 Å². The van der Waals surface area contributed by atoms with Crippen LogP contribution in [0.5, 0.6) is 0 Å². The van der Waals surface area contributed by atoms with Gasteiger partial charge in [0.25, 0.3) is 0 Å². The molecular weight excluding hydrogens is 328 g/mol. The normalized spacial score (nSPS) is 19.0. The lowest BCUT2D eigenvalue weighted by Crippen LogP contribution is -2.35. The van der Waals surface area contributed by atoms with E-state index in [0.29, 0.717) is 18.0 Å². The Hall–Kier alpha value is -0.690. The maximum Gasteiger partial charge on any atom is 0.243 e. The summed E-state index contributed by atoms with van der Waals surface area (Å²) in [6, 6.07) is 4.73. The topological polar surface area (TPSA) is 63.4 Å². The zero-order chi connectivity index (χ0) is 15.2. The molecule has 21 heavy (non-hydrogen) atoms. The Morgan fingerprint density at radius 1 is 1.33 bits per heavy atom. The van der Waals surface area contributed by atoms with Gasteiger partial charge in [-0.25, -0.2) is 8.42 Å². The minimum absolute atomic E-state index is 0.157. The number of rotatable bonds is 6. The number of nitrogens with two attached hydrogens (primary N) is 1. The molecule has 0 atom stereocenters. The van der Waals surface area contributed by atoms with Crippen LogP contribution in [0.4, 0.5) is 0 Å². The zero-order valence-corrected chi connectivity index (χ0v) is 13.8. The van der Waals surface area contributed by atoms with Crippen molar-refractivity contribution in [2.45, 2.75) is 36.6 Å². The van der Waals surface area contributed by atoms with Gasteiger partial charge in [-0.3, -0.25) is 0 Å². The fourth-order valence-electron chi connectivity index (χ4n) is 2.35. The van der Waals surface area contributed by atoms with E-state index in [-0.39, 0.29) is 20.9 Å². The molecule has 0 bridgehead atoms. The monoisotopic (exact) mass is 344 g/mol. The van der Waals surface area contributed by atoms with Gasteiger partial charge in [-0.1, -0.05) is 23.8 Å². The van der Waals surface area contributed by atoms with Crippen LogP contribution in [0.3, 0.4) is 0 Å². The average molecular weight is 345 g/mol. The first-order valence-corrected chi connectivity index (χ1v) is 9.23. The van der Waals surface area contributed by atoms with Crippen LogP contribution in [0.15, 0.2) is 23.1 Å². The SMILES string of the molecule is NC(=S)c1ccc(S(=O)(=O)N(CC2CC2)C2CC2)cc1Cl. The summed E-state index contributed by atoms with van der Waals surface area (Å²) >= 11 is 11.0. The van der Waals surface area contributed by atoms with Crippen LogP contribution in [-0.2, 0) is 10.0 Å². The molecule has 0 aromatic heterocycles. The van der Waals surface area contributed by atoms with E-state index in [1.807, 2.05) is 0 Å². The fourth-order valence-corrected chi connectivity index (χ4v) is 4.72. The zero-order valence-electron chi connectivity index (χ0n) is 11.5. The number of hydrogen-bond donors (Lipinski definition) is 1. The Balaban J connectivity index is 1.92. The first-order chi connectivity index (χ1) is 9.89. The number of sulfonamides is 1. The summed E-state index contributed by atoms with van der Waals surface area (Å²) in [7, 11) is -3.49. The van der Waals surface area contributed by atoms with Crippen LogP contribution in [0, 0.1) is 5.92 Å². The van der Waals surface area contributed by atoms with E-state index >= 15 is 0 Å². The molecule has 0 heterocycles. The van der Waals surface area contributed by atoms with E-state index in [0.717, 1.165) is 25.7 Å². The second-order valence-corrected chi connectivity index (χ2v) is 8.49. The molecule has 7 heteroatoms. The molecule has 1 aromatic carbocycles. The van der Waals surface area contributed by atoms with Gasteiger partial charge in [-0.05, 0) is 49.8 Å². The Morgan fingerprint density at radius 3 is 2.48 bits per heavy atom. The molecule has 0 amide bonds. The van der Waals surface area contributed by atoms with Crippen molar-refractivity contribution < 1.29 is 8.42 Å². The van der Waals surface area contributed by atoms with Gasteiger partial charge < -0.3 is 5.73 Å². The van der Waals surface area contributed by atoms with Crippen molar-refractivity contribution in [2.75, 3.05) is 6.54 Å². The van der Waals surface area contributed by atoms with E-state index < -0.39 is 10.0 Å². The molecule has 3 rings (SSSR count). The summed E-state index contributed by atoms with van der Waals surface area (Å²) < 4.78 is 27.3. The number of nitrogens with zero attached hydrogens (tertiary/aromatic N) is 1. The summed E-state index contributed by atoms with van der Waals surface area (Å²) in [6.45, 7) is 0.627. The Labute approximate surface area is 135 Å². The minimum atomic E-state index is -3.49. The van der Waals surface area contributed by atoms with Gasteiger partial charge in [0, 0.05) is 18.2 Å². The van der Waals surface area contributed by atoms with E-state index in [1.165, 1.54) is 12.1 Å². The lowest BCUT2D eigenvalue weighted by molar-refractivity contribution is 0.389. The van der Waals surface area contributed by atoms with Crippen molar-refractivity contribution in [1.29, 1.82) is 0 Å². The molecular formula is C14H17ClN2O2S2. The molecule has 2 aliphatic carbocycles. The summed E-state index contributed by atoms with van der Waals surface area (Å²) in [5, 5.41) is 0.283. The van der Waals surface area contributed by atoms with Crippen LogP contribution in [0.25, 0.3) is 0 Å². The molecule has 0 radical (unpaired) electrons. The summed E-state index contributed by atoms with van der Waals surface area (Å²) in [5.41, 5.74) is 6.06.